The van der Waals surface area contributed by atoms with E-state index >= 15 is 0 Å². The first-order chi connectivity index (χ1) is 14.5. The summed E-state index contributed by atoms with van der Waals surface area (Å²) in [6, 6.07) is 17.9. The molecule has 5 heteroatoms. The lowest BCUT2D eigenvalue weighted by molar-refractivity contribution is 0.100. The number of nitrogens with zero attached hydrogens (tertiary/aromatic N) is 1. The van der Waals surface area contributed by atoms with Gasteiger partial charge in [-0.3, -0.25) is 4.79 Å². The molecule has 0 saturated heterocycles. The van der Waals surface area contributed by atoms with E-state index in [9.17, 15) is 4.79 Å². The molecule has 3 aromatic carbocycles. The summed E-state index contributed by atoms with van der Waals surface area (Å²) in [4.78, 5) is 12.1. The van der Waals surface area contributed by atoms with Gasteiger partial charge in [-0.25, -0.2) is 0 Å². The molecule has 1 aromatic heterocycles. The molecular weight excluding hydrogens is 415 g/mol. The van der Waals surface area contributed by atoms with Gasteiger partial charge in [0.2, 0.25) is 5.91 Å². The Labute approximate surface area is 186 Å². The standard InChI is InChI=1S/C25H24Cl2N2O/c1-2-3-4-6-16-9-11-18-23(14-16)29(15-17-10-12-20(26)21(27)13-17)22-8-5-7-19(24(18)22)25(28)30/h5,7-14H,2-4,6,15H2,1H3,(H2,28,30). The van der Waals surface area contributed by atoms with Crippen LogP contribution in [0.25, 0.3) is 21.8 Å². The molecule has 4 aromatic rings. The summed E-state index contributed by atoms with van der Waals surface area (Å²) in [5, 5.41) is 3.02. The predicted molar refractivity (Wildman–Crippen MR) is 127 cm³/mol. The Kier molecular flexibility index (Phi) is 6.03. The van der Waals surface area contributed by atoms with Crippen LogP contribution in [0.5, 0.6) is 0 Å². The first-order valence-electron chi connectivity index (χ1n) is 10.3. The lowest BCUT2D eigenvalue weighted by atomic mass is 10.0. The summed E-state index contributed by atoms with van der Waals surface area (Å²) in [5.74, 6) is -0.416. The maximum atomic E-state index is 12.1. The number of carbonyl (C=O) groups is 1. The number of amides is 1. The van der Waals surface area contributed by atoms with Gasteiger partial charge in [-0.05, 0) is 54.3 Å². The van der Waals surface area contributed by atoms with E-state index in [4.69, 9.17) is 28.9 Å². The van der Waals surface area contributed by atoms with Crippen molar-refractivity contribution < 1.29 is 4.79 Å². The number of primary amides is 1. The van der Waals surface area contributed by atoms with Crippen LogP contribution in [0.3, 0.4) is 0 Å². The second-order valence-corrected chi connectivity index (χ2v) is 8.52. The summed E-state index contributed by atoms with van der Waals surface area (Å²) in [6.07, 6.45) is 4.63. The molecule has 0 fully saturated rings. The largest absolute Gasteiger partial charge is 0.366 e. The van der Waals surface area contributed by atoms with Crippen LogP contribution in [-0.4, -0.2) is 10.5 Å². The number of hydrogen-bond acceptors (Lipinski definition) is 1. The summed E-state index contributed by atoms with van der Waals surface area (Å²) in [7, 11) is 0. The molecule has 1 amide bonds. The average molecular weight is 439 g/mol. The molecule has 0 aliphatic heterocycles. The van der Waals surface area contributed by atoms with Gasteiger partial charge >= 0.3 is 0 Å². The molecule has 0 bridgehead atoms. The molecule has 1 heterocycles. The van der Waals surface area contributed by atoms with Gasteiger partial charge < -0.3 is 10.3 Å². The van der Waals surface area contributed by atoms with Crippen LogP contribution in [0.2, 0.25) is 10.0 Å². The lowest BCUT2D eigenvalue weighted by Crippen LogP contribution is -2.11. The van der Waals surface area contributed by atoms with Gasteiger partial charge in [0.25, 0.3) is 0 Å². The Morgan fingerprint density at radius 3 is 2.47 bits per heavy atom. The van der Waals surface area contributed by atoms with Crippen molar-refractivity contribution in [3.05, 3.63) is 81.3 Å². The topological polar surface area (TPSA) is 48.0 Å². The second-order valence-electron chi connectivity index (χ2n) is 7.71. The number of aryl methyl sites for hydroxylation is 1. The zero-order valence-electron chi connectivity index (χ0n) is 16.9. The van der Waals surface area contributed by atoms with Crippen LogP contribution in [-0.2, 0) is 13.0 Å². The molecule has 0 spiro atoms. The number of rotatable bonds is 7. The van der Waals surface area contributed by atoms with Crippen molar-refractivity contribution in [1.29, 1.82) is 0 Å². The molecule has 0 saturated carbocycles. The highest BCUT2D eigenvalue weighted by molar-refractivity contribution is 6.42. The highest BCUT2D eigenvalue weighted by Crippen LogP contribution is 2.34. The highest BCUT2D eigenvalue weighted by Gasteiger charge is 2.17. The van der Waals surface area contributed by atoms with E-state index < -0.39 is 5.91 Å². The lowest BCUT2D eigenvalue weighted by Gasteiger charge is -2.10. The maximum absolute atomic E-state index is 12.1. The van der Waals surface area contributed by atoms with Gasteiger partial charge in [0.05, 0.1) is 15.6 Å². The van der Waals surface area contributed by atoms with Crippen molar-refractivity contribution in [2.75, 3.05) is 0 Å². The fourth-order valence-corrected chi connectivity index (χ4v) is 4.44. The van der Waals surface area contributed by atoms with Crippen LogP contribution in [0.15, 0.2) is 54.6 Å². The number of hydrogen-bond donors (Lipinski definition) is 1. The minimum atomic E-state index is -0.416. The van der Waals surface area contributed by atoms with Crippen LogP contribution >= 0.6 is 23.2 Å². The molecule has 154 valence electrons. The summed E-state index contributed by atoms with van der Waals surface area (Å²) >= 11 is 12.4. The molecule has 4 rings (SSSR count). The Morgan fingerprint density at radius 2 is 1.73 bits per heavy atom. The van der Waals surface area contributed by atoms with Crippen molar-refractivity contribution >= 4 is 50.9 Å². The van der Waals surface area contributed by atoms with Gasteiger partial charge in [0, 0.05) is 28.4 Å². The van der Waals surface area contributed by atoms with Crippen molar-refractivity contribution in [3.63, 3.8) is 0 Å². The third kappa shape index (κ3) is 3.92. The number of fused-ring (bicyclic) bond motifs is 3. The van der Waals surface area contributed by atoms with E-state index in [2.05, 4.69) is 29.7 Å². The van der Waals surface area contributed by atoms with Crippen LogP contribution in [0.4, 0.5) is 0 Å². The fourth-order valence-electron chi connectivity index (χ4n) is 4.12. The van der Waals surface area contributed by atoms with Crippen LogP contribution in [0, 0.1) is 0 Å². The van der Waals surface area contributed by atoms with Crippen LogP contribution in [0.1, 0.15) is 47.7 Å². The van der Waals surface area contributed by atoms with E-state index in [0.29, 0.717) is 22.2 Å². The Hall–Kier alpha value is -2.49. The van der Waals surface area contributed by atoms with Gasteiger partial charge in [-0.15, -0.1) is 0 Å². The smallest absolute Gasteiger partial charge is 0.249 e. The Bertz CT molecular complexity index is 1240. The van der Waals surface area contributed by atoms with Crippen molar-refractivity contribution in [3.8, 4) is 0 Å². The molecule has 0 aliphatic rings. The molecule has 2 N–H and O–H groups in total. The van der Waals surface area contributed by atoms with E-state index in [0.717, 1.165) is 33.8 Å². The number of unbranched alkanes of at least 4 members (excludes halogenated alkanes) is 2. The number of carbonyl (C=O) groups excluding carboxylic acids is 1. The zero-order chi connectivity index (χ0) is 21.3. The van der Waals surface area contributed by atoms with E-state index in [1.54, 1.807) is 6.07 Å². The minimum absolute atomic E-state index is 0.416. The minimum Gasteiger partial charge on any atom is -0.366 e. The van der Waals surface area contributed by atoms with Crippen molar-refractivity contribution in [1.82, 2.24) is 4.57 Å². The highest BCUT2D eigenvalue weighted by atomic mass is 35.5. The molecule has 3 nitrogen and oxygen atoms in total. The van der Waals surface area contributed by atoms with Gasteiger partial charge in [-0.1, -0.05) is 67.2 Å². The normalized spacial score (nSPS) is 11.4. The fraction of sp³-hybridized carbons (Fsp3) is 0.240. The van der Waals surface area contributed by atoms with Crippen molar-refractivity contribution in [2.45, 2.75) is 39.2 Å². The van der Waals surface area contributed by atoms with Gasteiger partial charge in [-0.2, -0.15) is 0 Å². The summed E-state index contributed by atoms with van der Waals surface area (Å²) < 4.78 is 2.24. The predicted octanol–water partition coefficient (Wildman–Crippen LogP) is 6.98. The molecule has 0 radical (unpaired) electrons. The SMILES string of the molecule is CCCCCc1ccc2c3c(C(N)=O)cccc3n(Cc3ccc(Cl)c(Cl)c3)c2c1. The zero-order valence-corrected chi connectivity index (χ0v) is 18.4. The number of benzene rings is 3. The summed E-state index contributed by atoms with van der Waals surface area (Å²) in [6.45, 7) is 2.83. The molecular formula is C25H24Cl2N2O. The number of nitrogens with two attached hydrogens (primary N) is 1. The van der Waals surface area contributed by atoms with E-state index in [1.165, 1.54) is 24.8 Å². The number of aromatic nitrogens is 1. The monoisotopic (exact) mass is 438 g/mol. The third-order valence-corrected chi connectivity index (χ3v) is 6.35. The quantitative estimate of drug-likeness (QED) is 0.310. The summed E-state index contributed by atoms with van der Waals surface area (Å²) in [5.41, 5.74) is 10.7. The molecule has 30 heavy (non-hydrogen) atoms. The van der Waals surface area contributed by atoms with E-state index in [-0.39, 0.29) is 0 Å². The number of halogens is 2. The first kappa shape index (κ1) is 20.8. The molecule has 0 atom stereocenters. The maximum Gasteiger partial charge on any atom is 0.249 e. The van der Waals surface area contributed by atoms with Crippen LogP contribution < -0.4 is 5.73 Å². The Balaban J connectivity index is 1.91. The van der Waals surface area contributed by atoms with Crippen molar-refractivity contribution in [2.24, 2.45) is 5.73 Å². The van der Waals surface area contributed by atoms with E-state index in [1.807, 2.05) is 30.3 Å². The third-order valence-electron chi connectivity index (χ3n) is 5.61. The average Bonchev–Trinajstić information content (AvgIpc) is 3.04. The molecule has 0 aliphatic carbocycles. The second kappa shape index (κ2) is 8.71. The van der Waals surface area contributed by atoms with Gasteiger partial charge in [0.15, 0.2) is 0 Å². The molecule has 0 unspecified atom stereocenters. The first-order valence-corrected chi connectivity index (χ1v) is 11.0. The Morgan fingerprint density at radius 1 is 0.933 bits per heavy atom. The van der Waals surface area contributed by atoms with Gasteiger partial charge in [0.1, 0.15) is 0 Å².